The molecule has 1 aliphatic rings. The summed E-state index contributed by atoms with van der Waals surface area (Å²) in [4.78, 5) is 0. The Hall–Kier alpha value is -0.130. The van der Waals surface area contributed by atoms with Gasteiger partial charge in [-0.25, -0.2) is 8.42 Å². The van der Waals surface area contributed by atoms with Crippen molar-refractivity contribution in [2.24, 2.45) is 0 Å². The first-order chi connectivity index (χ1) is 5.97. The Morgan fingerprint density at radius 1 is 1.54 bits per heavy atom. The number of ether oxygens (including phenoxy) is 1. The van der Waals surface area contributed by atoms with Gasteiger partial charge >= 0.3 is 0 Å². The second kappa shape index (κ2) is 3.94. The van der Waals surface area contributed by atoms with Crippen LogP contribution in [0, 0.1) is 0 Å². The maximum atomic E-state index is 11.2. The maximum Gasteiger partial charge on any atom is 0.152 e. The van der Waals surface area contributed by atoms with Gasteiger partial charge in [-0.15, -0.1) is 0 Å². The van der Waals surface area contributed by atoms with Crippen LogP contribution in [0.4, 0.5) is 0 Å². The van der Waals surface area contributed by atoms with Gasteiger partial charge in [-0.2, -0.15) is 0 Å². The van der Waals surface area contributed by atoms with Crippen LogP contribution < -0.4 is 5.32 Å². The lowest BCUT2D eigenvalue weighted by Gasteiger charge is -2.23. The van der Waals surface area contributed by atoms with Crippen molar-refractivity contribution >= 4 is 9.84 Å². The van der Waals surface area contributed by atoms with Crippen LogP contribution in [-0.4, -0.2) is 45.7 Å². The van der Waals surface area contributed by atoms with Gasteiger partial charge in [-0.05, 0) is 13.3 Å². The van der Waals surface area contributed by atoms with Crippen molar-refractivity contribution in [2.45, 2.75) is 18.9 Å². The molecule has 1 fully saturated rings. The number of hydrogen-bond donors (Lipinski definition) is 1. The number of sulfone groups is 1. The fraction of sp³-hybridized carbons (Fsp3) is 1.00. The summed E-state index contributed by atoms with van der Waals surface area (Å²) in [5.74, 6) is 0.563. The predicted octanol–water partition coefficient (Wildman–Crippen LogP) is -0.200. The first-order valence-electron chi connectivity index (χ1n) is 4.42. The Kier molecular flexibility index (Phi) is 3.32. The van der Waals surface area contributed by atoms with E-state index in [1.807, 2.05) is 6.92 Å². The normalized spacial score (nSPS) is 32.2. The molecule has 0 bridgehead atoms. The number of hydrogen-bond acceptors (Lipinski definition) is 4. The third-order valence-electron chi connectivity index (χ3n) is 2.36. The standard InChI is InChI=1S/C8H17NO3S/c1-8(9-4-5-12-2)3-6-13(10,11)7-8/h9H,3-7H2,1-2H3. The fourth-order valence-electron chi connectivity index (χ4n) is 1.60. The Balaban J connectivity index is 2.41. The van der Waals surface area contributed by atoms with Gasteiger partial charge in [-0.3, -0.25) is 0 Å². The van der Waals surface area contributed by atoms with Crippen molar-refractivity contribution < 1.29 is 13.2 Å². The highest BCUT2D eigenvalue weighted by Crippen LogP contribution is 2.22. The molecule has 0 aliphatic carbocycles. The summed E-state index contributed by atoms with van der Waals surface area (Å²) < 4.78 is 27.3. The minimum absolute atomic E-state index is 0.239. The summed E-state index contributed by atoms with van der Waals surface area (Å²) in [6.07, 6.45) is 0.707. The van der Waals surface area contributed by atoms with Gasteiger partial charge in [0.25, 0.3) is 0 Å². The van der Waals surface area contributed by atoms with E-state index in [4.69, 9.17) is 4.74 Å². The summed E-state index contributed by atoms with van der Waals surface area (Å²) in [7, 11) is -1.16. The molecular weight excluding hydrogens is 190 g/mol. The van der Waals surface area contributed by atoms with Gasteiger partial charge in [-0.1, -0.05) is 0 Å². The molecule has 1 aliphatic heterocycles. The molecule has 1 unspecified atom stereocenters. The molecule has 0 spiro atoms. The summed E-state index contributed by atoms with van der Waals surface area (Å²) in [5, 5.41) is 3.21. The molecule has 0 amide bonds. The summed E-state index contributed by atoms with van der Waals surface area (Å²) in [5.41, 5.74) is -0.239. The smallest absolute Gasteiger partial charge is 0.152 e. The molecule has 1 saturated heterocycles. The average Bonchev–Trinajstić information content (AvgIpc) is 2.27. The molecule has 0 aromatic rings. The van der Waals surface area contributed by atoms with Crippen LogP contribution in [-0.2, 0) is 14.6 Å². The second-order valence-electron chi connectivity index (χ2n) is 3.82. The molecule has 0 saturated carbocycles. The Morgan fingerprint density at radius 2 is 2.23 bits per heavy atom. The molecule has 13 heavy (non-hydrogen) atoms. The van der Waals surface area contributed by atoms with E-state index in [9.17, 15) is 8.42 Å². The lowest BCUT2D eigenvalue weighted by molar-refractivity contribution is 0.189. The van der Waals surface area contributed by atoms with Crippen LogP contribution in [0.25, 0.3) is 0 Å². The Morgan fingerprint density at radius 3 is 2.69 bits per heavy atom. The lowest BCUT2D eigenvalue weighted by atomic mass is 10.0. The third kappa shape index (κ3) is 3.25. The van der Waals surface area contributed by atoms with Crippen molar-refractivity contribution in [3.8, 4) is 0 Å². The monoisotopic (exact) mass is 207 g/mol. The zero-order chi connectivity index (χ0) is 9.95. The molecule has 0 aromatic carbocycles. The molecule has 1 N–H and O–H groups in total. The highest BCUT2D eigenvalue weighted by molar-refractivity contribution is 7.91. The van der Waals surface area contributed by atoms with Crippen molar-refractivity contribution in [1.82, 2.24) is 5.32 Å². The van der Waals surface area contributed by atoms with Crippen LogP contribution in [0.2, 0.25) is 0 Å². The minimum atomic E-state index is -2.79. The third-order valence-corrected chi connectivity index (χ3v) is 4.26. The molecule has 78 valence electrons. The van der Waals surface area contributed by atoms with Crippen LogP contribution in [0.3, 0.4) is 0 Å². The van der Waals surface area contributed by atoms with E-state index in [-0.39, 0.29) is 11.3 Å². The average molecular weight is 207 g/mol. The summed E-state index contributed by atoms with van der Waals surface area (Å²) in [6.45, 7) is 3.28. The van der Waals surface area contributed by atoms with Gasteiger partial charge in [0.1, 0.15) is 0 Å². The van der Waals surface area contributed by atoms with E-state index in [2.05, 4.69) is 5.32 Å². The largest absolute Gasteiger partial charge is 0.383 e. The van der Waals surface area contributed by atoms with E-state index in [1.165, 1.54) is 0 Å². The Bertz CT molecular complexity index is 263. The SMILES string of the molecule is COCCNC1(C)CCS(=O)(=O)C1. The van der Waals surface area contributed by atoms with Crippen LogP contribution in [0.15, 0.2) is 0 Å². The van der Waals surface area contributed by atoms with Gasteiger partial charge in [0, 0.05) is 19.2 Å². The van der Waals surface area contributed by atoms with Crippen molar-refractivity contribution in [2.75, 3.05) is 31.8 Å². The molecule has 1 heterocycles. The van der Waals surface area contributed by atoms with Gasteiger partial charge in [0.15, 0.2) is 9.84 Å². The molecule has 4 nitrogen and oxygen atoms in total. The van der Waals surface area contributed by atoms with E-state index in [0.29, 0.717) is 25.3 Å². The van der Waals surface area contributed by atoms with Crippen LogP contribution >= 0.6 is 0 Å². The summed E-state index contributed by atoms with van der Waals surface area (Å²) >= 11 is 0. The van der Waals surface area contributed by atoms with Crippen molar-refractivity contribution in [1.29, 1.82) is 0 Å². The molecular formula is C8H17NO3S. The number of nitrogens with one attached hydrogen (secondary N) is 1. The fourth-order valence-corrected chi connectivity index (χ4v) is 3.73. The van der Waals surface area contributed by atoms with E-state index < -0.39 is 9.84 Å². The topological polar surface area (TPSA) is 55.4 Å². The molecule has 1 rings (SSSR count). The van der Waals surface area contributed by atoms with E-state index in [0.717, 1.165) is 0 Å². The summed E-state index contributed by atoms with van der Waals surface area (Å²) in [6, 6.07) is 0. The maximum absolute atomic E-state index is 11.2. The van der Waals surface area contributed by atoms with Crippen molar-refractivity contribution in [3.63, 3.8) is 0 Å². The molecule has 0 aromatic heterocycles. The van der Waals surface area contributed by atoms with Crippen LogP contribution in [0.5, 0.6) is 0 Å². The number of methoxy groups -OCH3 is 1. The second-order valence-corrected chi connectivity index (χ2v) is 6.01. The zero-order valence-corrected chi connectivity index (χ0v) is 8.99. The lowest BCUT2D eigenvalue weighted by Crippen LogP contribution is -2.44. The highest BCUT2D eigenvalue weighted by Gasteiger charge is 2.37. The molecule has 5 heteroatoms. The van der Waals surface area contributed by atoms with Gasteiger partial charge in [0.2, 0.25) is 0 Å². The van der Waals surface area contributed by atoms with Crippen molar-refractivity contribution in [3.05, 3.63) is 0 Å². The van der Waals surface area contributed by atoms with Gasteiger partial charge in [0.05, 0.1) is 18.1 Å². The first-order valence-corrected chi connectivity index (χ1v) is 6.24. The predicted molar refractivity (Wildman–Crippen MR) is 51.6 cm³/mol. The van der Waals surface area contributed by atoms with E-state index >= 15 is 0 Å². The number of rotatable bonds is 4. The first kappa shape index (κ1) is 10.9. The van der Waals surface area contributed by atoms with E-state index in [1.54, 1.807) is 7.11 Å². The highest BCUT2D eigenvalue weighted by atomic mass is 32.2. The molecule has 0 radical (unpaired) electrons. The van der Waals surface area contributed by atoms with Crippen LogP contribution in [0.1, 0.15) is 13.3 Å². The minimum Gasteiger partial charge on any atom is -0.383 e. The van der Waals surface area contributed by atoms with Gasteiger partial charge < -0.3 is 10.1 Å². The Labute approximate surface area is 79.6 Å². The quantitative estimate of drug-likeness (QED) is 0.649. The zero-order valence-electron chi connectivity index (χ0n) is 8.17. The molecule has 1 atom stereocenters.